The first-order valence-electron chi connectivity index (χ1n) is 5.20. The minimum Gasteiger partial charge on any atom is -0.478 e. The molecular formula is C11H13F2NO4S. The number of carbonyl (C=O) groups is 1. The molecule has 8 heteroatoms. The Hall–Kier alpha value is -1.54. The van der Waals surface area contributed by atoms with Crippen molar-refractivity contribution in [2.75, 3.05) is 0 Å². The van der Waals surface area contributed by atoms with E-state index in [1.54, 1.807) is 0 Å². The largest absolute Gasteiger partial charge is 0.478 e. The molecule has 0 atom stereocenters. The number of carboxylic acid groups (broad SMARTS) is 1. The Morgan fingerprint density at radius 1 is 1.26 bits per heavy atom. The second-order valence-electron chi connectivity index (χ2n) is 4.93. The first kappa shape index (κ1) is 15.5. The van der Waals surface area contributed by atoms with E-state index in [2.05, 4.69) is 4.72 Å². The minimum atomic E-state index is -4.36. The van der Waals surface area contributed by atoms with E-state index in [1.165, 1.54) is 20.8 Å². The van der Waals surface area contributed by atoms with Crippen LogP contribution in [0.25, 0.3) is 0 Å². The maximum Gasteiger partial charge on any atom is 0.335 e. The summed E-state index contributed by atoms with van der Waals surface area (Å²) in [5.74, 6) is -4.69. The van der Waals surface area contributed by atoms with Gasteiger partial charge in [-0.2, -0.15) is 0 Å². The van der Waals surface area contributed by atoms with Gasteiger partial charge in [0, 0.05) is 5.54 Å². The van der Waals surface area contributed by atoms with Crippen LogP contribution in [0.2, 0.25) is 0 Å². The lowest BCUT2D eigenvalue weighted by Gasteiger charge is -2.20. The summed E-state index contributed by atoms with van der Waals surface area (Å²) in [5, 5.41) is 8.72. The molecule has 0 fully saturated rings. The molecule has 5 nitrogen and oxygen atoms in total. The van der Waals surface area contributed by atoms with Gasteiger partial charge in [-0.05, 0) is 32.9 Å². The van der Waals surface area contributed by atoms with E-state index in [9.17, 15) is 22.0 Å². The molecule has 0 aliphatic carbocycles. The Kier molecular flexibility index (Phi) is 3.97. The number of halogens is 2. The Bertz CT molecular complexity index is 620. The standard InChI is InChI=1S/C11H13F2NO4S/c1-11(2,3)14-19(17,18)8-5-6(10(15)16)4-7(12)9(8)13/h4-5,14H,1-3H3,(H,15,16). The summed E-state index contributed by atoms with van der Waals surface area (Å²) >= 11 is 0. The van der Waals surface area contributed by atoms with Crippen molar-refractivity contribution in [3.8, 4) is 0 Å². The van der Waals surface area contributed by atoms with Gasteiger partial charge in [-0.25, -0.2) is 26.7 Å². The molecule has 0 aromatic heterocycles. The average Bonchev–Trinajstić information content (AvgIpc) is 2.17. The van der Waals surface area contributed by atoms with Crippen molar-refractivity contribution in [2.45, 2.75) is 31.2 Å². The van der Waals surface area contributed by atoms with Gasteiger partial charge in [0.25, 0.3) is 0 Å². The van der Waals surface area contributed by atoms with E-state index in [0.717, 1.165) is 0 Å². The van der Waals surface area contributed by atoms with Crippen LogP contribution in [0.4, 0.5) is 8.78 Å². The maximum absolute atomic E-state index is 13.5. The first-order valence-corrected chi connectivity index (χ1v) is 6.69. The second kappa shape index (κ2) is 4.86. The van der Waals surface area contributed by atoms with Crippen molar-refractivity contribution in [2.24, 2.45) is 0 Å². The van der Waals surface area contributed by atoms with Crippen molar-refractivity contribution < 1.29 is 27.1 Å². The molecular weight excluding hydrogens is 280 g/mol. The zero-order valence-corrected chi connectivity index (χ0v) is 11.3. The average molecular weight is 293 g/mol. The highest BCUT2D eigenvalue weighted by atomic mass is 32.2. The fourth-order valence-corrected chi connectivity index (χ4v) is 2.87. The number of rotatable bonds is 3. The van der Waals surface area contributed by atoms with E-state index >= 15 is 0 Å². The van der Waals surface area contributed by atoms with Gasteiger partial charge in [0.05, 0.1) is 5.56 Å². The highest BCUT2D eigenvalue weighted by Gasteiger charge is 2.28. The summed E-state index contributed by atoms with van der Waals surface area (Å²) in [6.45, 7) is 4.54. The van der Waals surface area contributed by atoms with Crippen LogP contribution in [-0.4, -0.2) is 25.0 Å². The van der Waals surface area contributed by atoms with E-state index in [4.69, 9.17) is 5.11 Å². The summed E-state index contributed by atoms with van der Waals surface area (Å²) in [6.07, 6.45) is 0. The SMILES string of the molecule is CC(C)(C)NS(=O)(=O)c1cc(C(=O)O)cc(F)c1F. The number of benzene rings is 1. The van der Waals surface area contributed by atoms with Crippen LogP contribution >= 0.6 is 0 Å². The Morgan fingerprint density at radius 3 is 2.21 bits per heavy atom. The summed E-state index contributed by atoms with van der Waals surface area (Å²) in [7, 11) is -4.36. The van der Waals surface area contributed by atoms with Crippen LogP contribution in [0.5, 0.6) is 0 Å². The lowest BCUT2D eigenvalue weighted by atomic mass is 10.1. The molecule has 0 radical (unpaired) electrons. The van der Waals surface area contributed by atoms with Crippen molar-refractivity contribution in [3.63, 3.8) is 0 Å². The van der Waals surface area contributed by atoms with Gasteiger partial charge < -0.3 is 5.11 Å². The molecule has 0 saturated heterocycles. The van der Waals surface area contributed by atoms with Crippen molar-refractivity contribution in [1.29, 1.82) is 0 Å². The molecule has 0 aliphatic rings. The van der Waals surface area contributed by atoms with E-state index < -0.39 is 43.6 Å². The third kappa shape index (κ3) is 3.71. The lowest BCUT2D eigenvalue weighted by Crippen LogP contribution is -2.41. The first-order chi connectivity index (χ1) is 8.44. The van der Waals surface area contributed by atoms with E-state index in [-0.39, 0.29) is 0 Å². The zero-order valence-electron chi connectivity index (χ0n) is 10.5. The Balaban J connectivity index is 3.46. The molecule has 0 heterocycles. The fraction of sp³-hybridized carbons (Fsp3) is 0.364. The highest BCUT2D eigenvalue weighted by Crippen LogP contribution is 2.21. The number of aromatic carboxylic acids is 1. The van der Waals surface area contributed by atoms with Gasteiger partial charge in [0.1, 0.15) is 4.90 Å². The molecule has 1 aromatic carbocycles. The molecule has 1 aromatic rings. The van der Waals surface area contributed by atoms with Crippen LogP contribution in [-0.2, 0) is 10.0 Å². The van der Waals surface area contributed by atoms with Gasteiger partial charge in [-0.15, -0.1) is 0 Å². The van der Waals surface area contributed by atoms with Crippen LogP contribution in [0, 0.1) is 11.6 Å². The van der Waals surface area contributed by atoms with Crippen molar-refractivity contribution in [1.82, 2.24) is 4.72 Å². The Morgan fingerprint density at radius 2 is 1.79 bits per heavy atom. The number of hydrogen-bond donors (Lipinski definition) is 2. The van der Waals surface area contributed by atoms with Gasteiger partial charge in [-0.1, -0.05) is 0 Å². The van der Waals surface area contributed by atoms with Gasteiger partial charge in [0.15, 0.2) is 11.6 Å². The topological polar surface area (TPSA) is 83.5 Å². The summed E-state index contributed by atoms with van der Waals surface area (Å²) < 4.78 is 52.7. The van der Waals surface area contributed by atoms with Gasteiger partial charge in [-0.3, -0.25) is 0 Å². The second-order valence-corrected chi connectivity index (χ2v) is 6.58. The monoisotopic (exact) mass is 293 g/mol. The maximum atomic E-state index is 13.5. The molecule has 1 rings (SSSR count). The highest BCUT2D eigenvalue weighted by molar-refractivity contribution is 7.89. The number of nitrogens with one attached hydrogen (secondary N) is 1. The molecule has 106 valence electrons. The number of sulfonamides is 1. The smallest absolute Gasteiger partial charge is 0.335 e. The third-order valence-corrected chi connectivity index (χ3v) is 3.73. The van der Waals surface area contributed by atoms with Gasteiger partial charge >= 0.3 is 5.97 Å². The van der Waals surface area contributed by atoms with E-state index in [1.807, 2.05) is 0 Å². The lowest BCUT2D eigenvalue weighted by molar-refractivity contribution is 0.0696. The summed E-state index contributed by atoms with van der Waals surface area (Å²) in [6, 6.07) is 1.00. The predicted octanol–water partition coefficient (Wildman–Crippen LogP) is 1.74. The Labute approximate surface area is 109 Å². The third-order valence-electron chi connectivity index (χ3n) is 1.97. The van der Waals surface area contributed by atoms with Gasteiger partial charge in [0.2, 0.25) is 10.0 Å². The van der Waals surface area contributed by atoms with E-state index in [0.29, 0.717) is 12.1 Å². The quantitative estimate of drug-likeness (QED) is 0.889. The van der Waals surface area contributed by atoms with Crippen LogP contribution < -0.4 is 4.72 Å². The summed E-state index contributed by atoms with van der Waals surface area (Å²) in [5.41, 5.74) is -1.56. The molecule has 0 aliphatic heterocycles. The number of carboxylic acids is 1. The summed E-state index contributed by atoms with van der Waals surface area (Å²) in [4.78, 5) is 9.70. The minimum absolute atomic E-state index is 0.424. The molecule has 0 amide bonds. The normalized spacial score (nSPS) is 12.5. The molecule has 0 unspecified atom stereocenters. The molecule has 2 N–H and O–H groups in total. The number of hydrogen-bond acceptors (Lipinski definition) is 3. The molecule has 0 spiro atoms. The van der Waals surface area contributed by atoms with Crippen LogP contribution in [0.1, 0.15) is 31.1 Å². The molecule has 19 heavy (non-hydrogen) atoms. The predicted molar refractivity (Wildman–Crippen MR) is 63.4 cm³/mol. The van der Waals surface area contributed by atoms with Crippen molar-refractivity contribution in [3.05, 3.63) is 29.3 Å². The van der Waals surface area contributed by atoms with Crippen molar-refractivity contribution >= 4 is 16.0 Å². The van der Waals surface area contributed by atoms with Crippen LogP contribution in [0.15, 0.2) is 17.0 Å². The zero-order chi connectivity index (χ0) is 15.0. The van der Waals surface area contributed by atoms with Crippen LogP contribution in [0.3, 0.4) is 0 Å². The molecule has 0 saturated carbocycles. The fourth-order valence-electron chi connectivity index (χ4n) is 1.34. The molecule has 0 bridgehead atoms.